The van der Waals surface area contributed by atoms with Gasteiger partial charge in [-0.05, 0) is 47.2 Å². The molecule has 0 aliphatic heterocycles. The second-order valence-electron chi connectivity index (χ2n) is 9.29. The predicted molar refractivity (Wildman–Crippen MR) is 138 cm³/mol. The Morgan fingerprint density at radius 3 is 1.57 bits per heavy atom. The third-order valence-corrected chi connectivity index (χ3v) is 6.89. The lowest BCUT2D eigenvalue weighted by Crippen LogP contribution is -2.48. The largest absolute Gasteiger partial charge is 0.369 e. The van der Waals surface area contributed by atoms with Gasteiger partial charge in [0.25, 0.3) is 5.91 Å². The second kappa shape index (κ2) is 9.99. The zero-order valence-electron chi connectivity index (χ0n) is 20.2. The van der Waals surface area contributed by atoms with E-state index in [1.807, 2.05) is 91.0 Å². The number of primary amides is 1. The third-order valence-electron chi connectivity index (χ3n) is 6.89. The lowest BCUT2D eigenvalue weighted by atomic mass is 9.80. The van der Waals surface area contributed by atoms with E-state index in [1.54, 1.807) is 12.1 Å². The van der Waals surface area contributed by atoms with Gasteiger partial charge < -0.3 is 5.73 Å². The Labute approximate surface area is 215 Å². The van der Waals surface area contributed by atoms with Crippen LogP contribution in [0.15, 0.2) is 115 Å². The van der Waals surface area contributed by atoms with Crippen LogP contribution < -0.4 is 5.73 Å². The molecule has 2 N–H and O–H groups in total. The quantitative estimate of drug-likeness (QED) is 0.194. The van der Waals surface area contributed by atoms with Crippen molar-refractivity contribution >= 4 is 11.8 Å². The van der Waals surface area contributed by atoms with E-state index in [0.29, 0.717) is 18.4 Å². The molecule has 37 heavy (non-hydrogen) atoms. The first-order chi connectivity index (χ1) is 18.0. The number of hydrogen-bond donors (Lipinski definition) is 1. The van der Waals surface area contributed by atoms with Gasteiger partial charge in [-0.3, -0.25) is 9.59 Å². The molecule has 186 valence electrons. The molecule has 0 unspecified atom stereocenters. The predicted octanol–water partition coefficient (Wildman–Crippen LogP) is 5.34. The van der Waals surface area contributed by atoms with Crippen molar-refractivity contribution in [1.29, 1.82) is 0 Å². The molecule has 4 aromatic rings. The number of benzene rings is 4. The molecule has 0 spiro atoms. The van der Waals surface area contributed by atoms with Crippen LogP contribution >= 0.6 is 0 Å². The topological polar surface area (TPSA) is 72.6 Å². The molecule has 6 heteroatoms. The lowest BCUT2D eigenvalue weighted by Gasteiger charge is -2.40. The smallest absolute Gasteiger partial charge is 0.262 e. The lowest BCUT2D eigenvalue weighted by molar-refractivity contribution is -0.231. The molecule has 0 bridgehead atoms. The van der Waals surface area contributed by atoms with E-state index in [4.69, 9.17) is 10.6 Å². The molecule has 1 aliphatic carbocycles. The van der Waals surface area contributed by atoms with Gasteiger partial charge in [0.05, 0.1) is 6.54 Å². The first kappa shape index (κ1) is 24.4. The van der Waals surface area contributed by atoms with Crippen molar-refractivity contribution in [2.24, 2.45) is 11.1 Å². The van der Waals surface area contributed by atoms with Crippen molar-refractivity contribution in [3.63, 3.8) is 0 Å². The van der Waals surface area contributed by atoms with Crippen LogP contribution in [0.3, 0.4) is 0 Å². The Bertz CT molecular complexity index is 1280. The Kier molecular flexibility index (Phi) is 6.59. The first-order valence-corrected chi connectivity index (χ1v) is 12.2. The second-order valence-corrected chi connectivity index (χ2v) is 9.29. The normalized spacial score (nSPS) is 14.1. The van der Waals surface area contributed by atoms with Crippen LogP contribution in [0.2, 0.25) is 0 Å². The van der Waals surface area contributed by atoms with Crippen molar-refractivity contribution in [3.05, 3.63) is 143 Å². The van der Waals surface area contributed by atoms with Crippen molar-refractivity contribution in [2.75, 3.05) is 0 Å². The minimum atomic E-state index is -1.31. The third kappa shape index (κ3) is 4.63. The molecule has 0 saturated heterocycles. The summed E-state index contributed by atoms with van der Waals surface area (Å²) in [6.07, 6.45) is 0.721. The summed E-state index contributed by atoms with van der Waals surface area (Å²) in [6, 6.07) is 34.8. The van der Waals surface area contributed by atoms with E-state index in [-0.39, 0.29) is 12.4 Å². The molecule has 5 nitrogen and oxygen atoms in total. The molecule has 4 aromatic carbocycles. The van der Waals surface area contributed by atoms with E-state index in [0.717, 1.165) is 16.7 Å². The van der Waals surface area contributed by atoms with E-state index in [1.165, 1.54) is 17.2 Å². The zero-order valence-corrected chi connectivity index (χ0v) is 20.2. The Balaban J connectivity index is 1.70. The molecular formula is C31H27FN2O3. The number of halogens is 1. The fourth-order valence-corrected chi connectivity index (χ4v) is 4.67. The molecular weight excluding hydrogens is 467 g/mol. The van der Waals surface area contributed by atoms with Crippen molar-refractivity contribution in [1.82, 2.24) is 5.06 Å². The number of carbonyl (C=O) groups is 2. The average Bonchev–Trinajstić information content (AvgIpc) is 3.76. The van der Waals surface area contributed by atoms with Gasteiger partial charge in [-0.1, -0.05) is 103 Å². The average molecular weight is 495 g/mol. The SMILES string of the molecule is NC(=O)C1(C(=O)N(Cc2ccc(F)cc2)OC(c2ccccc2)(c2ccccc2)c2ccccc2)CC1. The van der Waals surface area contributed by atoms with Gasteiger partial charge in [0.2, 0.25) is 5.91 Å². The maximum Gasteiger partial charge on any atom is 0.262 e. The molecule has 0 aromatic heterocycles. The molecule has 2 amide bonds. The fourth-order valence-electron chi connectivity index (χ4n) is 4.67. The number of amides is 2. The van der Waals surface area contributed by atoms with Gasteiger partial charge >= 0.3 is 0 Å². The highest BCUT2D eigenvalue weighted by atomic mass is 19.1. The summed E-state index contributed by atoms with van der Waals surface area (Å²) in [6.45, 7) is 0.00238. The maximum absolute atomic E-state index is 13.9. The van der Waals surface area contributed by atoms with E-state index < -0.39 is 22.8 Å². The summed E-state index contributed by atoms with van der Waals surface area (Å²) in [4.78, 5) is 33.2. The van der Waals surface area contributed by atoms with Crippen LogP contribution in [0, 0.1) is 11.2 Å². The highest BCUT2D eigenvalue weighted by Crippen LogP contribution is 2.49. The molecule has 1 fully saturated rings. The number of hydroxylamine groups is 2. The van der Waals surface area contributed by atoms with Gasteiger partial charge in [0.1, 0.15) is 11.2 Å². The van der Waals surface area contributed by atoms with Crippen molar-refractivity contribution < 1.29 is 18.8 Å². The minimum absolute atomic E-state index is 0.00238. The fraction of sp³-hybridized carbons (Fsp3) is 0.161. The number of rotatable bonds is 9. The minimum Gasteiger partial charge on any atom is -0.369 e. The van der Waals surface area contributed by atoms with Gasteiger partial charge in [0.15, 0.2) is 5.60 Å². The van der Waals surface area contributed by atoms with Crippen LogP contribution in [-0.4, -0.2) is 16.9 Å². The monoisotopic (exact) mass is 494 g/mol. The van der Waals surface area contributed by atoms with Crippen LogP contribution in [0.4, 0.5) is 4.39 Å². The van der Waals surface area contributed by atoms with Gasteiger partial charge in [-0.2, -0.15) is 0 Å². The van der Waals surface area contributed by atoms with E-state index >= 15 is 0 Å². The van der Waals surface area contributed by atoms with Crippen molar-refractivity contribution in [2.45, 2.75) is 25.0 Å². The van der Waals surface area contributed by atoms with Crippen LogP contribution in [0.25, 0.3) is 0 Å². The summed E-state index contributed by atoms with van der Waals surface area (Å²) < 4.78 is 13.6. The van der Waals surface area contributed by atoms with E-state index in [9.17, 15) is 14.0 Å². The standard InChI is InChI=1S/C31H27FN2O3/c32-27-18-16-23(17-19-27)22-34(29(36)30(20-21-30)28(33)35)37-31(24-10-4-1-5-11-24,25-12-6-2-7-13-25)26-14-8-3-9-15-26/h1-19H,20-22H2,(H2,33,35). The Morgan fingerprint density at radius 1 is 0.757 bits per heavy atom. The number of nitrogens with two attached hydrogens (primary N) is 1. The van der Waals surface area contributed by atoms with Gasteiger partial charge in [0, 0.05) is 0 Å². The number of carbonyl (C=O) groups excluding carboxylic acids is 2. The number of nitrogens with zero attached hydrogens (tertiary/aromatic N) is 1. The van der Waals surface area contributed by atoms with Crippen LogP contribution in [0.5, 0.6) is 0 Å². The summed E-state index contributed by atoms with van der Waals surface area (Å²) in [5.74, 6) is -1.56. The molecule has 0 heterocycles. The summed E-state index contributed by atoms with van der Waals surface area (Å²) >= 11 is 0. The maximum atomic E-state index is 13.9. The molecule has 0 atom stereocenters. The highest BCUT2D eigenvalue weighted by Gasteiger charge is 2.58. The van der Waals surface area contributed by atoms with Gasteiger partial charge in [-0.25, -0.2) is 14.3 Å². The van der Waals surface area contributed by atoms with Crippen molar-refractivity contribution in [3.8, 4) is 0 Å². The highest BCUT2D eigenvalue weighted by molar-refractivity contribution is 6.06. The van der Waals surface area contributed by atoms with Crippen LogP contribution in [-0.2, 0) is 26.6 Å². The summed E-state index contributed by atoms with van der Waals surface area (Å²) in [7, 11) is 0. The molecule has 0 radical (unpaired) electrons. The van der Waals surface area contributed by atoms with E-state index in [2.05, 4.69) is 0 Å². The molecule has 5 rings (SSSR count). The summed E-state index contributed by atoms with van der Waals surface area (Å²) in [5.41, 5.74) is 6.20. The molecule has 1 saturated carbocycles. The summed E-state index contributed by atoms with van der Waals surface area (Å²) in [5, 5.41) is 1.23. The Hall–Kier alpha value is -4.29. The zero-order chi connectivity index (χ0) is 25.9. The first-order valence-electron chi connectivity index (χ1n) is 12.2. The van der Waals surface area contributed by atoms with Gasteiger partial charge in [-0.15, -0.1) is 0 Å². The molecule has 1 aliphatic rings. The van der Waals surface area contributed by atoms with Crippen LogP contribution in [0.1, 0.15) is 35.1 Å². The Morgan fingerprint density at radius 2 is 1.19 bits per heavy atom. The number of hydrogen-bond acceptors (Lipinski definition) is 3.